The monoisotopic (exact) mass is 342 g/mol. The van der Waals surface area contributed by atoms with Crippen LogP contribution in [0.25, 0.3) is 11.0 Å². The number of benzene rings is 2. The van der Waals surface area contributed by atoms with Gasteiger partial charge in [-0.05, 0) is 36.8 Å². The predicted octanol–water partition coefficient (Wildman–Crippen LogP) is 4.26. The fraction of sp³-hybridized carbons (Fsp3) is 0.158. The third kappa shape index (κ3) is 3.05. The number of Topliss-reactive ketones (excluding diaryl/α,β-unsaturated/α-hetero) is 1. The summed E-state index contributed by atoms with van der Waals surface area (Å²) in [5, 5.41) is 11.6. The number of ketones is 1. The van der Waals surface area contributed by atoms with Crippen LogP contribution in [0.2, 0.25) is 5.02 Å². The largest absolute Gasteiger partial charge is 0.507 e. The SMILES string of the molecule is CC(=O)C[C@H](c1cccc(Cl)c1)c1c(O)c2ccccc2oc1=O. The minimum atomic E-state index is -0.655. The van der Waals surface area contributed by atoms with Gasteiger partial charge in [0.2, 0.25) is 0 Å². The van der Waals surface area contributed by atoms with Gasteiger partial charge in [-0.1, -0.05) is 35.9 Å². The molecule has 1 heterocycles. The summed E-state index contributed by atoms with van der Waals surface area (Å²) in [5.41, 5.74) is 0.399. The lowest BCUT2D eigenvalue weighted by Gasteiger charge is -2.17. The average Bonchev–Trinajstić information content (AvgIpc) is 2.53. The molecule has 0 aliphatic heterocycles. The van der Waals surface area contributed by atoms with Gasteiger partial charge < -0.3 is 9.52 Å². The first-order valence-electron chi connectivity index (χ1n) is 7.47. The van der Waals surface area contributed by atoms with Gasteiger partial charge >= 0.3 is 5.63 Å². The molecule has 1 aromatic heterocycles. The average molecular weight is 343 g/mol. The number of halogens is 1. The lowest BCUT2D eigenvalue weighted by Crippen LogP contribution is -2.16. The van der Waals surface area contributed by atoms with E-state index in [9.17, 15) is 14.7 Å². The van der Waals surface area contributed by atoms with E-state index in [0.717, 1.165) is 0 Å². The molecule has 0 aliphatic rings. The molecule has 0 bridgehead atoms. The van der Waals surface area contributed by atoms with Crippen LogP contribution in [0.1, 0.15) is 30.4 Å². The van der Waals surface area contributed by atoms with Crippen LogP contribution in [0, 0.1) is 0 Å². The number of carbonyl (C=O) groups excluding carboxylic acids is 1. The van der Waals surface area contributed by atoms with Crippen molar-refractivity contribution in [1.82, 2.24) is 0 Å². The second kappa shape index (κ2) is 6.49. The molecule has 3 rings (SSSR count). The minimum absolute atomic E-state index is 0.0665. The van der Waals surface area contributed by atoms with E-state index in [0.29, 0.717) is 21.6 Å². The minimum Gasteiger partial charge on any atom is -0.507 e. The van der Waals surface area contributed by atoms with Gasteiger partial charge in [0.1, 0.15) is 17.1 Å². The highest BCUT2D eigenvalue weighted by atomic mass is 35.5. The Morgan fingerprint density at radius 3 is 2.67 bits per heavy atom. The highest BCUT2D eigenvalue weighted by Gasteiger charge is 2.26. The van der Waals surface area contributed by atoms with Gasteiger partial charge in [0.05, 0.1) is 10.9 Å². The Hall–Kier alpha value is -2.59. The van der Waals surface area contributed by atoms with E-state index in [1.807, 2.05) is 0 Å². The van der Waals surface area contributed by atoms with Crippen LogP contribution in [-0.2, 0) is 4.79 Å². The van der Waals surface area contributed by atoms with Crippen LogP contribution >= 0.6 is 11.6 Å². The van der Waals surface area contributed by atoms with Gasteiger partial charge in [0, 0.05) is 17.4 Å². The number of rotatable bonds is 4. The smallest absolute Gasteiger partial charge is 0.343 e. The Kier molecular flexibility index (Phi) is 4.40. The molecule has 3 aromatic rings. The van der Waals surface area contributed by atoms with E-state index in [1.54, 1.807) is 48.5 Å². The fourth-order valence-corrected chi connectivity index (χ4v) is 3.05. The zero-order valence-electron chi connectivity index (χ0n) is 13.0. The molecule has 0 spiro atoms. The Bertz CT molecular complexity index is 975. The van der Waals surface area contributed by atoms with Crippen molar-refractivity contribution in [2.45, 2.75) is 19.3 Å². The molecular formula is C19H15ClO4. The number of hydrogen-bond donors (Lipinski definition) is 1. The molecule has 0 unspecified atom stereocenters. The number of aromatic hydroxyl groups is 1. The van der Waals surface area contributed by atoms with E-state index < -0.39 is 11.5 Å². The Labute approximate surface area is 143 Å². The highest BCUT2D eigenvalue weighted by Crippen LogP contribution is 2.36. The first kappa shape index (κ1) is 16.3. The molecule has 0 saturated carbocycles. The van der Waals surface area contributed by atoms with Crippen molar-refractivity contribution in [2.24, 2.45) is 0 Å². The van der Waals surface area contributed by atoms with E-state index in [4.69, 9.17) is 16.0 Å². The normalized spacial score (nSPS) is 12.2. The molecule has 1 atom stereocenters. The second-order valence-electron chi connectivity index (χ2n) is 5.66. The summed E-state index contributed by atoms with van der Waals surface area (Å²) in [6, 6.07) is 13.6. The summed E-state index contributed by atoms with van der Waals surface area (Å²) < 4.78 is 5.33. The molecule has 5 heteroatoms. The Balaban J connectivity index is 2.27. The molecular weight excluding hydrogens is 328 g/mol. The molecule has 122 valence electrons. The van der Waals surface area contributed by atoms with Crippen LogP contribution in [0.4, 0.5) is 0 Å². The molecule has 1 N–H and O–H groups in total. The van der Waals surface area contributed by atoms with Crippen molar-refractivity contribution < 1.29 is 14.3 Å². The summed E-state index contributed by atoms with van der Waals surface area (Å²) >= 11 is 6.04. The van der Waals surface area contributed by atoms with Gasteiger partial charge in [-0.15, -0.1) is 0 Å². The van der Waals surface area contributed by atoms with E-state index in [1.165, 1.54) is 6.92 Å². The van der Waals surface area contributed by atoms with Crippen LogP contribution in [0.15, 0.2) is 57.7 Å². The quantitative estimate of drug-likeness (QED) is 0.719. The molecule has 2 aromatic carbocycles. The Morgan fingerprint density at radius 1 is 1.21 bits per heavy atom. The van der Waals surface area contributed by atoms with Crippen molar-refractivity contribution in [1.29, 1.82) is 0 Å². The first-order chi connectivity index (χ1) is 11.5. The number of hydrogen-bond acceptors (Lipinski definition) is 4. The molecule has 4 nitrogen and oxygen atoms in total. The third-order valence-corrected chi connectivity index (χ3v) is 4.15. The van der Waals surface area contributed by atoms with E-state index in [-0.39, 0.29) is 23.5 Å². The summed E-state index contributed by atoms with van der Waals surface area (Å²) in [5.74, 6) is -0.887. The molecule has 24 heavy (non-hydrogen) atoms. The zero-order valence-corrected chi connectivity index (χ0v) is 13.7. The van der Waals surface area contributed by atoms with Crippen LogP contribution in [-0.4, -0.2) is 10.9 Å². The number of fused-ring (bicyclic) bond motifs is 1. The van der Waals surface area contributed by atoms with Crippen LogP contribution in [0.5, 0.6) is 5.75 Å². The van der Waals surface area contributed by atoms with Gasteiger partial charge in [-0.3, -0.25) is 4.79 Å². The topological polar surface area (TPSA) is 67.5 Å². The number of para-hydroxylation sites is 1. The maximum absolute atomic E-state index is 12.5. The van der Waals surface area contributed by atoms with Gasteiger partial charge in [0.15, 0.2) is 0 Å². The second-order valence-corrected chi connectivity index (χ2v) is 6.10. The van der Waals surface area contributed by atoms with Gasteiger partial charge in [-0.2, -0.15) is 0 Å². The predicted molar refractivity (Wildman–Crippen MR) is 92.7 cm³/mol. The van der Waals surface area contributed by atoms with E-state index >= 15 is 0 Å². The summed E-state index contributed by atoms with van der Waals surface area (Å²) in [7, 11) is 0. The summed E-state index contributed by atoms with van der Waals surface area (Å²) in [4.78, 5) is 24.2. The van der Waals surface area contributed by atoms with Gasteiger partial charge in [0.25, 0.3) is 0 Å². The van der Waals surface area contributed by atoms with Crippen molar-refractivity contribution in [3.63, 3.8) is 0 Å². The summed E-state index contributed by atoms with van der Waals surface area (Å²) in [6.07, 6.45) is 0.0665. The molecule has 0 radical (unpaired) electrons. The highest BCUT2D eigenvalue weighted by molar-refractivity contribution is 6.30. The maximum atomic E-state index is 12.5. The zero-order chi connectivity index (χ0) is 17.3. The van der Waals surface area contributed by atoms with Crippen LogP contribution in [0.3, 0.4) is 0 Å². The van der Waals surface area contributed by atoms with Crippen molar-refractivity contribution in [3.8, 4) is 5.75 Å². The maximum Gasteiger partial charge on any atom is 0.343 e. The van der Waals surface area contributed by atoms with Crippen molar-refractivity contribution >= 4 is 28.4 Å². The van der Waals surface area contributed by atoms with E-state index in [2.05, 4.69) is 0 Å². The molecule has 0 aliphatic carbocycles. The first-order valence-corrected chi connectivity index (χ1v) is 7.84. The van der Waals surface area contributed by atoms with Crippen molar-refractivity contribution in [3.05, 3.63) is 75.1 Å². The standard InChI is InChI=1S/C19H15ClO4/c1-11(21)9-15(12-5-4-6-13(20)10-12)17-18(22)14-7-2-3-8-16(14)24-19(17)23/h2-8,10,15,22H,9H2,1H3/t15-/m1/s1. The molecule has 0 saturated heterocycles. The number of carbonyl (C=O) groups is 1. The van der Waals surface area contributed by atoms with Crippen LogP contribution < -0.4 is 5.63 Å². The third-order valence-electron chi connectivity index (χ3n) is 3.91. The lowest BCUT2D eigenvalue weighted by molar-refractivity contribution is -0.117. The molecule has 0 fully saturated rings. The lowest BCUT2D eigenvalue weighted by atomic mass is 9.87. The summed E-state index contributed by atoms with van der Waals surface area (Å²) in [6.45, 7) is 1.44. The Morgan fingerprint density at radius 2 is 1.96 bits per heavy atom. The van der Waals surface area contributed by atoms with Gasteiger partial charge in [-0.25, -0.2) is 4.79 Å². The molecule has 0 amide bonds. The fourth-order valence-electron chi connectivity index (χ4n) is 2.85. The van der Waals surface area contributed by atoms with Crippen molar-refractivity contribution in [2.75, 3.05) is 0 Å².